The Morgan fingerprint density at radius 1 is 1.05 bits per heavy atom. The van der Waals surface area contributed by atoms with Crippen LogP contribution in [-0.4, -0.2) is 39.5 Å². The van der Waals surface area contributed by atoms with E-state index in [9.17, 15) is 19.0 Å². The lowest BCUT2D eigenvalue weighted by Crippen LogP contribution is -2.29. The van der Waals surface area contributed by atoms with Crippen LogP contribution >= 0.6 is 35.1 Å². The summed E-state index contributed by atoms with van der Waals surface area (Å²) in [5, 5.41) is 0.523. The van der Waals surface area contributed by atoms with Crippen molar-refractivity contribution >= 4 is 41.6 Å². The SMILES string of the molecule is CC(C)OC(COC=O)OP(=O)(O)C(F)(F)c1ccc(Cn2c(-c3ccc(Cl)cc3)cn(Cc3ccccc3)c2=O)cc1Br. The van der Waals surface area contributed by atoms with Gasteiger partial charge in [0.05, 0.1) is 24.9 Å². The summed E-state index contributed by atoms with van der Waals surface area (Å²) < 4.78 is 61.1. The summed E-state index contributed by atoms with van der Waals surface area (Å²) >= 11 is 9.17. The van der Waals surface area contributed by atoms with Crippen LogP contribution in [0.3, 0.4) is 0 Å². The minimum absolute atomic E-state index is 0.00363. The fourth-order valence-corrected chi connectivity index (χ4v) is 6.42. The molecule has 0 bridgehead atoms. The molecule has 0 saturated heterocycles. The molecule has 0 aliphatic heterocycles. The number of alkyl halides is 2. The molecule has 0 saturated carbocycles. The molecule has 2 atom stereocenters. The maximum absolute atomic E-state index is 15.5. The summed E-state index contributed by atoms with van der Waals surface area (Å²) in [4.78, 5) is 34.5. The predicted molar refractivity (Wildman–Crippen MR) is 165 cm³/mol. The Hall–Kier alpha value is -3.12. The van der Waals surface area contributed by atoms with Crippen LogP contribution < -0.4 is 5.69 Å². The van der Waals surface area contributed by atoms with Gasteiger partial charge in [0.1, 0.15) is 6.61 Å². The summed E-state index contributed by atoms with van der Waals surface area (Å²) in [6.07, 6.45) is -0.573. The largest absolute Gasteiger partial charge is 0.462 e. The molecule has 0 aliphatic carbocycles. The second-order valence-corrected chi connectivity index (χ2v) is 13.1. The number of ether oxygens (including phenoxy) is 2. The first kappa shape index (κ1) is 33.8. The van der Waals surface area contributed by atoms with Crippen LogP contribution in [0.4, 0.5) is 8.78 Å². The zero-order valence-corrected chi connectivity index (χ0v) is 26.8. The van der Waals surface area contributed by atoms with Crippen molar-refractivity contribution in [1.29, 1.82) is 0 Å². The number of rotatable bonds is 14. The van der Waals surface area contributed by atoms with E-state index in [2.05, 4.69) is 20.7 Å². The molecule has 2 unspecified atom stereocenters. The molecule has 0 fully saturated rings. The normalized spacial score (nSPS) is 13.9. The van der Waals surface area contributed by atoms with Gasteiger partial charge < -0.3 is 14.4 Å². The molecule has 0 spiro atoms. The van der Waals surface area contributed by atoms with Gasteiger partial charge in [0.15, 0.2) is 0 Å². The van der Waals surface area contributed by atoms with Gasteiger partial charge in [-0.15, -0.1) is 0 Å². The molecule has 1 aromatic heterocycles. The van der Waals surface area contributed by atoms with Gasteiger partial charge in [-0.2, -0.15) is 8.78 Å². The van der Waals surface area contributed by atoms with Gasteiger partial charge in [-0.1, -0.05) is 82.1 Å². The van der Waals surface area contributed by atoms with Crippen LogP contribution in [0.2, 0.25) is 5.02 Å². The topological polar surface area (TPSA) is 109 Å². The van der Waals surface area contributed by atoms with E-state index in [0.29, 0.717) is 22.8 Å². The van der Waals surface area contributed by atoms with Crippen molar-refractivity contribution in [1.82, 2.24) is 9.13 Å². The molecular weight excluding hydrogens is 685 g/mol. The van der Waals surface area contributed by atoms with Crippen LogP contribution in [0.5, 0.6) is 0 Å². The van der Waals surface area contributed by atoms with Crippen molar-refractivity contribution in [3.8, 4) is 11.3 Å². The van der Waals surface area contributed by atoms with E-state index < -0.39 is 37.8 Å². The van der Waals surface area contributed by atoms with Gasteiger partial charge in [-0.25, -0.2) is 4.79 Å². The number of carbonyl (C=O) groups excluding carboxylic acids is 1. The monoisotopic (exact) mass is 712 g/mol. The number of nitrogens with zero attached hydrogens (tertiary/aromatic N) is 2. The van der Waals surface area contributed by atoms with Crippen LogP contribution in [0.15, 0.2) is 88.3 Å². The van der Waals surface area contributed by atoms with E-state index in [0.717, 1.165) is 17.2 Å². The third kappa shape index (κ3) is 7.93. The first-order valence-electron chi connectivity index (χ1n) is 13.3. The van der Waals surface area contributed by atoms with Gasteiger partial charge >= 0.3 is 18.9 Å². The van der Waals surface area contributed by atoms with Gasteiger partial charge in [0.25, 0.3) is 6.47 Å². The minimum Gasteiger partial charge on any atom is -0.462 e. The number of imidazole rings is 1. The second-order valence-electron chi connectivity index (χ2n) is 10.0. The number of carbonyl (C=O) groups is 1. The smallest absolute Gasteiger partial charge is 0.404 e. The molecule has 14 heteroatoms. The first-order valence-corrected chi connectivity index (χ1v) is 16.1. The van der Waals surface area contributed by atoms with E-state index in [1.807, 2.05) is 30.3 Å². The average molecular weight is 714 g/mol. The highest BCUT2D eigenvalue weighted by molar-refractivity contribution is 9.10. The Morgan fingerprint density at radius 2 is 1.73 bits per heavy atom. The molecule has 3 aromatic carbocycles. The Kier molecular flexibility index (Phi) is 11.0. The average Bonchev–Trinajstić information content (AvgIpc) is 3.26. The summed E-state index contributed by atoms with van der Waals surface area (Å²) in [6.45, 7) is 2.78. The van der Waals surface area contributed by atoms with Gasteiger partial charge in [-0.05, 0) is 48.7 Å². The number of halogens is 4. The van der Waals surface area contributed by atoms with Crippen molar-refractivity contribution < 1.29 is 37.0 Å². The lowest BCUT2D eigenvalue weighted by atomic mass is 10.1. The molecule has 0 aliphatic rings. The van der Waals surface area contributed by atoms with Crippen LogP contribution in [0.1, 0.15) is 30.5 Å². The molecule has 0 radical (unpaired) electrons. The number of aromatic nitrogens is 2. The zero-order valence-electron chi connectivity index (χ0n) is 23.6. The van der Waals surface area contributed by atoms with Crippen molar-refractivity contribution in [2.75, 3.05) is 6.61 Å². The van der Waals surface area contributed by atoms with Crippen molar-refractivity contribution in [3.05, 3.63) is 116 Å². The Bertz CT molecular complexity index is 1700. The van der Waals surface area contributed by atoms with E-state index in [1.54, 1.807) is 48.9 Å². The highest BCUT2D eigenvalue weighted by Gasteiger charge is 2.55. The Balaban J connectivity index is 1.66. The summed E-state index contributed by atoms with van der Waals surface area (Å²) in [7, 11) is -5.72. The highest BCUT2D eigenvalue weighted by atomic mass is 79.9. The van der Waals surface area contributed by atoms with Gasteiger partial charge in [-0.3, -0.25) is 23.0 Å². The predicted octanol–water partition coefficient (Wildman–Crippen LogP) is 7.00. The summed E-state index contributed by atoms with van der Waals surface area (Å²) in [5.41, 5.74) is -2.86. The molecule has 1 heterocycles. The number of hydrogen-bond acceptors (Lipinski definition) is 6. The summed E-state index contributed by atoms with van der Waals surface area (Å²) in [5.74, 6) is 0. The third-order valence-electron chi connectivity index (χ3n) is 6.42. The minimum atomic E-state index is -5.72. The molecule has 4 aromatic rings. The van der Waals surface area contributed by atoms with Crippen LogP contribution in [-0.2, 0) is 42.1 Å². The quantitative estimate of drug-likeness (QED) is 0.0852. The maximum Gasteiger partial charge on any atom is 0.404 e. The second kappa shape index (κ2) is 14.3. The fourth-order valence-electron chi connectivity index (χ4n) is 4.41. The van der Waals surface area contributed by atoms with Gasteiger partial charge in [0, 0.05) is 21.3 Å². The maximum atomic E-state index is 15.5. The lowest BCUT2D eigenvalue weighted by Gasteiger charge is -2.27. The van der Waals surface area contributed by atoms with Gasteiger partial charge in [0.2, 0.25) is 6.29 Å². The molecule has 1 N–H and O–H groups in total. The standard InChI is InChI=1S/C30H29BrClF2N2O7P/c1-20(2)42-28(18-41-19-37)43-44(39,40)30(33,34)25-13-8-22(14-26(25)31)16-36-27(23-9-11-24(32)12-10-23)17-35(29(36)38)15-21-6-4-3-5-7-21/h3-14,17,19-20,28H,15-16,18H2,1-2H3,(H,39,40). The van der Waals surface area contributed by atoms with E-state index in [1.165, 1.54) is 16.7 Å². The third-order valence-corrected chi connectivity index (χ3v) is 8.80. The zero-order chi connectivity index (χ0) is 32.1. The number of hydrogen-bond donors (Lipinski definition) is 1. The molecule has 0 amide bonds. The van der Waals surface area contributed by atoms with Crippen molar-refractivity contribution in [2.24, 2.45) is 0 Å². The molecule has 234 valence electrons. The first-order chi connectivity index (χ1) is 20.8. The van der Waals surface area contributed by atoms with Crippen molar-refractivity contribution in [3.63, 3.8) is 0 Å². The van der Waals surface area contributed by atoms with Crippen molar-refractivity contribution in [2.45, 2.75) is 45.0 Å². The van der Waals surface area contributed by atoms with E-state index in [-0.39, 0.29) is 23.2 Å². The fraction of sp³-hybridized carbons (Fsp3) is 0.267. The van der Waals surface area contributed by atoms with Crippen LogP contribution in [0, 0.1) is 0 Å². The van der Waals surface area contributed by atoms with E-state index >= 15 is 8.78 Å². The molecular formula is C30H29BrClF2N2O7P. The molecule has 9 nitrogen and oxygen atoms in total. The lowest BCUT2D eigenvalue weighted by molar-refractivity contribution is -0.161. The molecule has 4 rings (SSSR count). The molecule has 44 heavy (non-hydrogen) atoms. The van der Waals surface area contributed by atoms with Crippen LogP contribution in [0.25, 0.3) is 11.3 Å². The van der Waals surface area contributed by atoms with E-state index in [4.69, 9.17) is 20.9 Å². The summed E-state index contributed by atoms with van der Waals surface area (Å²) in [6, 6.07) is 20.0. The highest BCUT2D eigenvalue weighted by Crippen LogP contribution is 2.64. The number of benzene rings is 3. The Morgan fingerprint density at radius 3 is 2.34 bits per heavy atom. The Labute approximate surface area is 265 Å².